The van der Waals surface area contributed by atoms with Gasteiger partial charge in [-0.3, -0.25) is 14.5 Å². The van der Waals surface area contributed by atoms with Gasteiger partial charge >= 0.3 is 12.0 Å². The molecule has 7 heteroatoms. The molecule has 0 bridgehead atoms. The van der Waals surface area contributed by atoms with Crippen molar-refractivity contribution in [3.63, 3.8) is 0 Å². The second-order valence-electron chi connectivity index (χ2n) is 4.89. The lowest BCUT2D eigenvalue weighted by Crippen LogP contribution is -2.44. The SMILES string of the molecule is CCOC(=O)CN1C(=O)N[C@@](CC)(c2ccc(Cl)cc2)C1=O. The highest BCUT2D eigenvalue weighted by molar-refractivity contribution is 6.30. The highest BCUT2D eigenvalue weighted by atomic mass is 35.5. The standard InChI is InChI=1S/C15H17ClN2O4/c1-3-15(10-5-7-11(16)8-6-10)13(20)18(14(21)17-15)9-12(19)22-4-2/h5-8H,3-4,9H2,1-2H3,(H,17,21)/t15-/m0/s1. The third-order valence-corrected chi connectivity index (χ3v) is 3.89. The lowest BCUT2D eigenvalue weighted by Gasteiger charge is -2.25. The normalized spacial score (nSPS) is 21.0. The monoisotopic (exact) mass is 324 g/mol. The summed E-state index contributed by atoms with van der Waals surface area (Å²) in [7, 11) is 0. The fraction of sp³-hybridized carbons (Fsp3) is 0.400. The Morgan fingerprint density at radius 2 is 1.91 bits per heavy atom. The molecule has 0 aromatic heterocycles. The van der Waals surface area contributed by atoms with Gasteiger partial charge in [0.25, 0.3) is 5.91 Å². The lowest BCUT2D eigenvalue weighted by atomic mass is 9.87. The Labute approximate surface area is 133 Å². The zero-order valence-electron chi connectivity index (χ0n) is 12.4. The van der Waals surface area contributed by atoms with Crippen molar-refractivity contribution in [1.82, 2.24) is 10.2 Å². The minimum atomic E-state index is -1.17. The minimum absolute atomic E-state index is 0.193. The van der Waals surface area contributed by atoms with E-state index in [1.54, 1.807) is 38.1 Å². The first-order chi connectivity index (χ1) is 10.4. The molecule has 0 radical (unpaired) electrons. The van der Waals surface area contributed by atoms with Gasteiger partial charge < -0.3 is 10.1 Å². The number of urea groups is 1. The summed E-state index contributed by atoms with van der Waals surface area (Å²) in [6.07, 6.45) is 0.360. The van der Waals surface area contributed by atoms with Crippen molar-refractivity contribution in [2.75, 3.05) is 13.2 Å². The minimum Gasteiger partial charge on any atom is -0.465 e. The van der Waals surface area contributed by atoms with E-state index < -0.39 is 30.0 Å². The second-order valence-corrected chi connectivity index (χ2v) is 5.33. The van der Waals surface area contributed by atoms with Crippen LogP contribution in [0.25, 0.3) is 0 Å². The molecule has 0 unspecified atom stereocenters. The first kappa shape index (κ1) is 16.3. The number of halogens is 1. The molecule has 1 aliphatic heterocycles. The van der Waals surface area contributed by atoms with Crippen LogP contribution in [0.1, 0.15) is 25.8 Å². The van der Waals surface area contributed by atoms with Crippen molar-refractivity contribution < 1.29 is 19.1 Å². The average Bonchev–Trinajstić information content (AvgIpc) is 2.73. The summed E-state index contributed by atoms with van der Waals surface area (Å²) >= 11 is 5.86. The molecule has 1 heterocycles. The van der Waals surface area contributed by atoms with Crippen LogP contribution in [0.3, 0.4) is 0 Å². The predicted octanol–water partition coefficient (Wildman–Crippen LogP) is 2.06. The number of ether oxygens (including phenoxy) is 1. The first-order valence-electron chi connectivity index (χ1n) is 7.00. The molecule has 1 aromatic rings. The highest BCUT2D eigenvalue weighted by Gasteiger charge is 2.51. The van der Waals surface area contributed by atoms with Crippen LogP contribution in [-0.2, 0) is 19.9 Å². The van der Waals surface area contributed by atoms with Crippen LogP contribution in [0, 0.1) is 0 Å². The number of benzene rings is 1. The van der Waals surface area contributed by atoms with E-state index in [-0.39, 0.29) is 6.61 Å². The van der Waals surface area contributed by atoms with E-state index >= 15 is 0 Å². The van der Waals surface area contributed by atoms with Crippen molar-refractivity contribution in [2.45, 2.75) is 25.8 Å². The van der Waals surface area contributed by atoms with E-state index in [9.17, 15) is 14.4 Å². The predicted molar refractivity (Wildman–Crippen MR) is 80.3 cm³/mol. The molecule has 1 aliphatic rings. The van der Waals surface area contributed by atoms with E-state index in [1.165, 1.54) is 0 Å². The third kappa shape index (κ3) is 2.78. The van der Waals surface area contributed by atoms with Gasteiger partial charge in [0.15, 0.2) is 0 Å². The summed E-state index contributed by atoms with van der Waals surface area (Å²) in [6.45, 7) is 3.25. The molecule has 22 heavy (non-hydrogen) atoms. The fourth-order valence-corrected chi connectivity index (χ4v) is 2.61. The van der Waals surface area contributed by atoms with Gasteiger partial charge in [0.05, 0.1) is 6.61 Å². The van der Waals surface area contributed by atoms with Gasteiger partial charge in [0, 0.05) is 5.02 Å². The quantitative estimate of drug-likeness (QED) is 0.664. The van der Waals surface area contributed by atoms with Crippen LogP contribution in [-0.4, -0.2) is 36.0 Å². The maximum absolute atomic E-state index is 12.7. The van der Waals surface area contributed by atoms with Gasteiger partial charge in [-0.1, -0.05) is 30.7 Å². The summed E-state index contributed by atoms with van der Waals surface area (Å²) in [5, 5.41) is 3.22. The first-order valence-corrected chi connectivity index (χ1v) is 7.38. The molecule has 3 amide bonds. The van der Waals surface area contributed by atoms with E-state index in [0.29, 0.717) is 17.0 Å². The largest absolute Gasteiger partial charge is 0.465 e. The molecule has 1 fully saturated rings. The zero-order valence-corrected chi connectivity index (χ0v) is 13.1. The molecule has 2 rings (SSSR count). The lowest BCUT2D eigenvalue weighted by molar-refractivity contribution is -0.147. The summed E-state index contributed by atoms with van der Waals surface area (Å²) in [5.41, 5.74) is -0.544. The van der Waals surface area contributed by atoms with Crippen molar-refractivity contribution >= 4 is 29.5 Å². The summed E-state index contributed by atoms with van der Waals surface area (Å²) in [4.78, 5) is 37.2. The Morgan fingerprint density at radius 1 is 1.27 bits per heavy atom. The Hall–Kier alpha value is -2.08. The Morgan fingerprint density at radius 3 is 2.45 bits per heavy atom. The number of rotatable bonds is 5. The summed E-state index contributed by atoms with van der Waals surface area (Å²) < 4.78 is 4.79. The van der Waals surface area contributed by atoms with Gasteiger partial charge in [0.1, 0.15) is 12.1 Å². The van der Waals surface area contributed by atoms with Gasteiger partial charge in [-0.25, -0.2) is 4.79 Å². The molecule has 1 aromatic carbocycles. The van der Waals surface area contributed by atoms with Crippen LogP contribution < -0.4 is 5.32 Å². The second kappa shape index (κ2) is 6.36. The molecular weight excluding hydrogens is 308 g/mol. The Bertz CT molecular complexity index is 602. The van der Waals surface area contributed by atoms with E-state index in [1.807, 2.05) is 0 Å². The number of carbonyl (C=O) groups is 3. The number of carbonyl (C=O) groups excluding carboxylic acids is 3. The van der Waals surface area contributed by atoms with Crippen LogP contribution in [0.5, 0.6) is 0 Å². The van der Waals surface area contributed by atoms with Crippen molar-refractivity contribution in [3.05, 3.63) is 34.9 Å². The van der Waals surface area contributed by atoms with Crippen molar-refractivity contribution in [2.24, 2.45) is 0 Å². The highest BCUT2D eigenvalue weighted by Crippen LogP contribution is 2.32. The number of esters is 1. The van der Waals surface area contributed by atoms with Crippen molar-refractivity contribution in [1.29, 1.82) is 0 Å². The van der Waals surface area contributed by atoms with Gasteiger partial charge in [-0.05, 0) is 31.0 Å². The summed E-state index contributed by atoms with van der Waals surface area (Å²) in [6, 6.07) is 6.09. The number of nitrogens with one attached hydrogen (secondary N) is 1. The van der Waals surface area contributed by atoms with E-state index in [0.717, 1.165) is 4.90 Å². The molecular formula is C15H17ClN2O4. The molecule has 1 atom stereocenters. The van der Waals surface area contributed by atoms with E-state index in [2.05, 4.69) is 5.32 Å². The van der Waals surface area contributed by atoms with Gasteiger partial charge in [-0.15, -0.1) is 0 Å². The van der Waals surface area contributed by atoms with Gasteiger partial charge in [-0.2, -0.15) is 0 Å². The molecule has 6 nitrogen and oxygen atoms in total. The summed E-state index contributed by atoms with van der Waals surface area (Å²) in [5.74, 6) is -1.08. The molecule has 0 spiro atoms. The number of amides is 3. The molecule has 118 valence electrons. The number of imide groups is 1. The Kier molecular flexibility index (Phi) is 4.71. The molecule has 0 aliphatic carbocycles. The maximum Gasteiger partial charge on any atom is 0.326 e. The molecule has 0 saturated carbocycles. The van der Waals surface area contributed by atoms with Crippen LogP contribution >= 0.6 is 11.6 Å². The maximum atomic E-state index is 12.7. The van der Waals surface area contributed by atoms with Crippen molar-refractivity contribution in [3.8, 4) is 0 Å². The zero-order chi connectivity index (χ0) is 16.3. The van der Waals surface area contributed by atoms with Crippen LogP contribution in [0.2, 0.25) is 5.02 Å². The van der Waals surface area contributed by atoms with Crippen LogP contribution in [0.4, 0.5) is 4.79 Å². The number of hydrogen-bond acceptors (Lipinski definition) is 4. The van der Waals surface area contributed by atoms with E-state index in [4.69, 9.17) is 16.3 Å². The number of hydrogen-bond donors (Lipinski definition) is 1. The fourth-order valence-electron chi connectivity index (χ4n) is 2.48. The van der Waals surface area contributed by atoms with Crippen LogP contribution in [0.15, 0.2) is 24.3 Å². The topological polar surface area (TPSA) is 75.7 Å². The average molecular weight is 325 g/mol. The number of nitrogens with zero attached hydrogens (tertiary/aromatic N) is 1. The molecule has 1 N–H and O–H groups in total. The third-order valence-electron chi connectivity index (χ3n) is 3.64. The molecule has 1 saturated heterocycles. The smallest absolute Gasteiger partial charge is 0.326 e. The Balaban J connectivity index is 2.31. The van der Waals surface area contributed by atoms with Gasteiger partial charge in [0.2, 0.25) is 0 Å².